The van der Waals surface area contributed by atoms with E-state index in [1.807, 2.05) is 0 Å². The summed E-state index contributed by atoms with van der Waals surface area (Å²) in [6.45, 7) is 1.17. The van der Waals surface area contributed by atoms with Gasteiger partial charge in [-0.25, -0.2) is 4.79 Å². The van der Waals surface area contributed by atoms with Gasteiger partial charge >= 0.3 is 5.97 Å². The number of hydrogen-bond donors (Lipinski definition) is 2. The molecule has 1 aliphatic heterocycles. The first kappa shape index (κ1) is 12.7. The number of carbonyl (C=O) groups excluding carboxylic acids is 1. The molecule has 1 atom stereocenters. The Labute approximate surface area is 106 Å². The molecule has 18 heavy (non-hydrogen) atoms. The summed E-state index contributed by atoms with van der Waals surface area (Å²) in [7, 11) is 0. The Morgan fingerprint density at radius 3 is 2.67 bits per heavy atom. The van der Waals surface area contributed by atoms with Crippen molar-refractivity contribution in [3.8, 4) is 0 Å². The Kier molecular flexibility index (Phi) is 4.04. The number of carbonyl (C=O) groups is 1. The average Bonchev–Trinajstić information content (AvgIpc) is 2.80. The molecular weight excluding hydrogens is 232 g/mol. The molecule has 4 N–H and O–H groups in total. The number of nitrogens with two attached hydrogens (primary N) is 2. The van der Waals surface area contributed by atoms with Crippen molar-refractivity contribution in [2.24, 2.45) is 0 Å². The second-order valence-electron chi connectivity index (χ2n) is 4.45. The molecule has 1 unspecified atom stereocenters. The van der Waals surface area contributed by atoms with Crippen LogP contribution in [0.4, 0.5) is 11.4 Å². The molecule has 5 nitrogen and oxygen atoms in total. The standard InChI is InChI=1S/C13H18N2O3/c14-10-6-9(7-11(15)8-10)13(16)18-5-3-12-2-1-4-17-12/h6-8,12H,1-5,14-15H2. The third-order valence-electron chi connectivity index (χ3n) is 2.91. The summed E-state index contributed by atoms with van der Waals surface area (Å²) in [6, 6.07) is 4.72. The van der Waals surface area contributed by atoms with Crippen molar-refractivity contribution in [2.45, 2.75) is 25.4 Å². The van der Waals surface area contributed by atoms with Gasteiger partial charge in [0, 0.05) is 24.4 Å². The quantitative estimate of drug-likeness (QED) is 0.625. The van der Waals surface area contributed by atoms with E-state index in [1.165, 1.54) is 0 Å². The number of anilines is 2. The third-order valence-corrected chi connectivity index (χ3v) is 2.91. The van der Waals surface area contributed by atoms with Crippen molar-refractivity contribution in [1.29, 1.82) is 0 Å². The molecule has 1 aromatic carbocycles. The van der Waals surface area contributed by atoms with Crippen LogP contribution in [0, 0.1) is 0 Å². The maximum Gasteiger partial charge on any atom is 0.338 e. The van der Waals surface area contributed by atoms with Crippen LogP contribution >= 0.6 is 0 Å². The van der Waals surface area contributed by atoms with Crippen LogP contribution in [-0.2, 0) is 9.47 Å². The topological polar surface area (TPSA) is 87.6 Å². The largest absolute Gasteiger partial charge is 0.462 e. The van der Waals surface area contributed by atoms with Gasteiger partial charge in [0.25, 0.3) is 0 Å². The zero-order chi connectivity index (χ0) is 13.0. The van der Waals surface area contributed by atoms with Gasteiger partial charge in [-0.05, 0) is 31.0 Å². The van der Waals surface area contributed by atoms with Crippen LogP contribution in [-0.4, -0.2) is 25.3 Å². The molecule has 1 heterocycles. The fourth-order valence-electron chi connectivity index (χ4n) is 2.03. The Hall–Kier alpha value is -1.75. The zero-order valence-corrected chi connectivity index (χ0v) is 10.2. The van der Waals surface area contributed by atoms with Crippen molar-refractivity contribution in [1.82, 2.24) is 0 Å². The van der Waals surface area contributed by atoms with Gasteiger partial charge in [-0.1, -0.05) is 0 Å². The molecular formula is C13H18N2O3. The smallest absolute Gasteiger partial charge is 0.338 e. The van der Waals surface area contributed by atoms with Crippen molar-refractivity contribution in [2.75, 3.05) is 24.7 Å². The lowest BCUT2D eigenvalue weighted by atomic mass is 10.2. The lowest BCUT2D eigenvalue weighted by molar-refractivity contribution is 0.0386. The molecule has 2 rings (SSSR count). The molecule has 98 valence electrons. The average molecular weight is 250 g/mol. The highest BCUT2D eigenvalue weighted by Gasteiger charge is 2.16. The van der Waals surface area contributed by atoms with E-state index in [0.29, 0.717) is 23.5 Å². The molecule has 1 aliphatic rings. The van der Waals surface area contributed by atoms with E-state index >= 15 is 0 Å². The minimum Gasteiger partial charge on any atom is -0.462 e. The van der Waals surface area contributed by atoms with Crippen molar-refractivity contribution in [3.05, 3.63) is 23.8 Å². The Bertz CT molecular complexity index is 408. The van der Waals surface area contributed by atoms with Crippen molar-refractivity contribution in [3.63, 3.8) is 0 Å². The molecule has 0 radical (unpaired) electrons. The van der Waals surface area contributed by atoms with Crippen LogP contribution < -0.4 is 11.5 Å². The van der Waals surface area contributed by atoms with Crippen LogP contribution in [0.2, 0.25) is 0 Å². The number of ether oxygens (including phenoxy) is 2. The number of benzene rings is 1. The highest BCUT2D eigenvalue weighted by Crippen LogP contribution is 2.17. The van der Waals surface area contributed by atoms with Crippen LogP contribution in [0.1, 0.15) is 29.6 Å². The number of rotatable bonds is 4. The summed E-state index contributed by atoms with van der Waals surface area (Å²) in [6.07, 6.45) is 3.10. The lowest BCUT2D eigenvalue weighted by Crippen LogP contribution is -2.13. The molecule has 0 bridgehead atoms. The van der Waals surface area contributed by atoms with Gasteiger partial charge in [0.05, 0.1) is 18.3 Å². The van der Waals surface area contributed by atoms with Crippen molar-refractivity contribution < 1.29 is 14.3 Å². The maximum atomic E-state index is 11.7. The SMILES string of the molecule is Nc1cc(N)cc(C(=O)OCCC2CCCO2)c1. The van der Waals surface area contributed by atoms with Crippen LogP contribution in [0.5, 0.6) is 0 Å². The van der Waals surface area contributed by atoms with Gasteiger partial charge in [-0.2, -0.15) is 0 Å². The van der Waals surface area contributed by atoms with Crippen LogP contribution in [0.3, 0.4) is 0 Å². The summed E-state index contributed by atoms with van der Waals surface area (Å²) >= 11 is 0. The zero-order valence-electron chi connectivity index (χ0n) is 10.2. The second kappa shape index (κ2) is 5.73. The number of nitrogen functional groups attached to an aromatic ring is 2. The molecule has 0 aromatic heterocycles. The summed E-state index contributed by atoms with van der Waals surface area (Å²) in [5, 5.41) is 0. The molecule has 0 amide bonds. The molecule has 0 spiro atoms. The Morgan fingerprint density at radius 1 is 1.33 bits per heavy atom. The normalized spacial score (nSPS) is 18.8. The monoisotopic (exact) mass is 250 g/mol. The highest BCUT2D eigenvalue weighted by molar-refractivity contribution is 5.91. The van der Waals surface area contributed by atoms with E-state index in [1.54, 1.807) is 18.2 Å². The minimum absolute atomic E-state index is 0.226. The molecule has 1 saturated heterocycles. The van der Waals surface area contributed by atoms with E-state index in [4.69, 9.17) is 20.9 Å². The molecule has 0 saturated carbocycles. The Morgan fingerprint density at radius 2 is 2.06 bits per heavy atom. The number of esters is 1. The molecule has 1 aromatic rings. The molecule has 1 fully saturated rings. The molecule has 0 aliphatic carbocycles. The third kappa shape index (κ3) is 3.37. The summed E-state index contributed by atoms with van der Waals surface area (Å²) in [4.78, 5) is 11.7. The summed E-state index contributed by atoms with van der Waals surface area (Å²) < 4.78 is 10.6. The first-order chi connectivity index (χ1) is 8.65. The fourth-order valence-corrected chi connectivity index (χ4v) is 2.03. The van der Waals surface area contributed by atoms with Gasteiger partial charge in [0.1, 0.15) is 0 Å². The summed E-state index contributed by atoms with van der Waals surface area (Å²) in [5.74, 6) is -0.396. The first-order valence-electron chi connectivity index (χ1n) is 6.10. The minimum atomic E-state index is -0.396. The first-order valence-corrected chi connectivity index (χ1v) is 6.10. The van der Waals surface area contributed by atoms with E-state index < -0.39 is 5.97 Å². The van der Waals surface area contributed by atoms with Crippen molar-refractivity contribution >= 4 is 17.3 Å². The van der Waals surface area contributed by atoms with Gasteiger partial charge in [-0.15, -0.1) is 0 Å². The Balaban J connectivity index is 1.83. The van der Waals surface area contributed by atoms with E-state index in [-0.39, 0.29) is 6.10 Å². The van der Waals surface area contributed by atoms with E-state index in [2.05, 4.69) is 0 Å². The van der Waals surface area contributed by atoms with E-state index in [9.17, 15) is 4.79 Å². The van der Waals surface area contributed by atoms with Gasteiger partial charge in [0.15, 0.2) is 0 Å². The molecule has 5 heteroatoms. The fraction of sp³-hybridized carbons (Fsp3) is 0.462. The highest BCUT2D eigenvalue weighted by atomic mass is 16.5. The predicted molar refractivity (Wildman–Crippen MR) is 69.1 cm³/mol. The maximum absolute atomic E-state index is 11.7. The second-order valence-corrected chi connectivity index (χ2v) is 4.45. The number of hydrogen-bond acceptors (Lipinski definition) is 5. The van der Waals surface area contributed by atoms with Gasteiger partial charge < -0.3 is 20.9 Å². The summed E-state index contributed by atoms with van der Waals surface area (Å²) in [5.41, 5.74) is 12.5. The van der Waals surface area contributed by atoms with Crippen LogP contribution in [0.15, 0.2) is 18.2 Å². The predicted octanol–water partition coefficient (Wildman–Crippen LogP) is 1.58. The van der Waals surface area contributed by atoms with E-state index in [0.717, 1.165) is 25.9 Å². The lowest BCUT2D eigenvalue weighted by Gasteiger charge is -2.10. The van der Waals surface area contributed by atoms with Gasteiger partial charge in [-0.3, -0.25) is 0 Å². The van der Waals surface area contributed by atoms with Crippen LogP contribution in [0.25, 0.3) is 0 Å². The van der Waals surface area contributed by atoms with Gasteiger partial charge in [0.2, 0.25) is 0 Å².